The number of rotatable bonds is 7. The van der Waals surface area contributed by atoms with Crippen molar-refractivity contribution in [2.45, 2.75) is 37.6 Å². The molecule has 2 aliphatic rings. The number of nitrogens with one attached hydrogen (secondary N) is 2. The zero-order valence-electron chi connectivity index (χ0n) is 14.9. The predicted molar refractivity (Wildman–Crippen MR) is 95.7 cm³/mol. The number of carbonyl (C=O) groups excluding carboxylic acids is 2. The van der Waals surface area contributed by atoms with Crippen molar-refractivity contribution in [3.8, 4) is 6.07 Å². The molecule has 2 rings (SSSR count). The van der Waals surface area contributed by atoms with Crippen LogP contribution < -0.4 is 10.6 Å². The molecule has 25 heavy (non-hydrogen) atoms. The first-order chi connectivity index (χ1) is 12.1. The van der Waals surface area contributed by atoms with Gasteiger partial charge in [-0.05, 0) is 12.8 Å². The molecule has 1 saturated carbocycles. The summed E-state index contributed by atoms with van der Waals surface area (Å²) in [7, 11) is 0. The van der Waals surface area contributed by atoms with Gasteiger partial charge in [0, 0.05) is 32.7 Å². The molecule has 2 fully saturated rings. The van der Waals surface area contributed by atoms with Gasteiger partial charge in [-0.15, -0.1) is 6.58 Å². The van der Waals surface area contributed by atoms with Gasteiger partial charge in [0.1, 0.15) is 5.54 Å². The lowest BCUT2D eigenvalue weighted by molar-refractivity contribution is -0.125. The van der Waals surface area contributed by atoms with Crippen molar-refractivity contribution in [1.82, 2.24) is 20.4 Å². The van der Waals surface area contributed by atoms with E-state index in [2.05, 4.69) is 33.1 Å². The first-order valence-corrected chi connectivity index (χ1v) is 9.11. The average molecular weight is 347 g/mol. The fraction of sp³-hybridized carbons (Fsp3) is 0.722. The standard InChI is InChI=1S/C18H29N5O2/c1-2-8-20-16(24)13-22-9-11-23(12-10-22)14-17(25)21-18(15-19)6-4-3-5-7-18/h2H,1,3-14H2,(H,20,24)(H,21,25). The molecule has 0 unspecified atom stereocenters. The quantitative estimate of drug-likeness (QED) is 0.645. The number of piperazine rings is 1. The second kappa shape index (κ2) is 9.54. The Hall–Kier alpha value is -1.91. The maximum Gasteiger partial charge on any atom is 0.235 e. The molecule has 7 nitrogen and oxygen atoms in total. The average Bonchev–Trinajstić information content (AvgIpc) is 2.62. The molecule has 1 saturated heterocycles. The Morgan fingerprint density at radius 3 is 2.12 bits per heavy atom. The first kappa shape index (κ1) is 19.4. The molecule has 0 spiro atoms. The molecule has 1 heterocycles. The zero-order chi connectivity index (χ0) is 18.1. The molecule has 0 radical (unpaired) electrons. The largest absolute Gasteiger partial charge is 0.352 e. The fourth-order valence-corrected chi connectivity index (χ4v) is 3.48. The lowest BCUT2D eigenvalue weighted by Crippen LogP contribution is -2.55. The molecule has 1 aliphatic heterocycles. The summed E-state index contributed by atoms with van der Waals surface area (Å²) in [5.74, 6) is -0.0695. The SMILES string of the molecule is C=CCNC(=O)CN1CCN(CC(=O)NC2(C#N)CCCCC2)CC1. The topological polar surface area (TPSA) is 88.5 Å². The van der Waals surface area contributed by atoms with Crippen LogP contribution in [0, 0.1) is 11.3 Å². The van der Waals surface area contributed by atoms with Gasteiger partial charge in [-0.25, -0.2) is 0 Å². The van der Waals surface area contributed by atoms with Gasteiger partial charge in [0.2, 0.25) is 11.8 Å². The molecule has 0 aromatic heterocycles. The van der Waals surface area contributed by atoms with Crippen LogP contribution in [-0.2, 0) is 9.59 Å². The Morgan fingerprint density at radius 2 is 1.60 bits per heavy atom. The summed E-state index contributed by atoms with van der Waals surface area (Å²) in [6.45, 7) is 7.79. The summed E-state index contributed by atoms with van der Waals surface area (Å²) in [4.78, 5) is 28.2. The minimum atomic E-state index is -0.666. The van der Waals surface area contributed by atoms with Crippen LogP contribution in [0.25, 0.3) is 0 Å². The van der Waals surface area contributed by atoms with Crippen molar-refractivity contribution in [1.29, 1.82) is 5.26 Å². The summed E-state index contributed by atoms with van der Waals surface area (Å²) in [5.41, 5.74) is -0.666. The predicted octanol–water partition coefficient (Wildman–Crippen LogP) is 0.249. The number of hydrogen-bond acceptors (Lipinski definition) is 5. The fourth-order valence-electron chi connectivity index (χ4n) is 3.48. The summed E-state index contributed by atoms with van der Waals surface area (Å²) >= 11 is 0. The van der Waals surface area contributed by atoms with Gasteiger partial charge in [0.05, 0.1) is 19.2 Å². The van der Waals surface area contributed by atoms with Crippen molar-refractivity contribution in [3.05, 3.63) is 12.7 Å². The number of hydrogen-bond donors (Lipinski definition) is 2. The van der Waals surface area contributed by atoms with E-state index in [4.69, 9.17) is 0 Å². The minimum Gasteiger partial charge on any atom is -0.352 e. The Balaban J connectivity index is 1.70. The molecule has 7 heteroatoms. The molecule has 0 aromatic rings. The minimum absolute atomic E-state index is 0.000599. The van der Waals surface area contributed by atoms with E-state index in [0.717, 1.165) is 58.3 Å². The van der Waals surface area contributed by atoms with E-state index in [9.17, 15) is 14.9 Å². The third kappa shape index (κ3) is 6.15. The van der Waals surface area contributed by atoms with Crippen LogP contribution in [0.3, 0.4) is 0 Å². The van der Waals surface area contributed by atoms with Gasteiger partial charge in [0.15, 0.2) is 0 Å². The van der Waals surface area contributed by atoms with Crippen molar-refractivity contribution in [2.24, 2.45) is 0 Å². The summed E-state index contributed by atoms with van der Waals surface area (Å²) < 4.78 is 0. The second-order valence-electron chi connectivity index (χ2n) is 6.95. The van der Waals surface area contributed by atoms with Gasteiger partial charge in [-0.2, -0.15) is 5.26 Å². The van der Waals surface area contributed by atoms with Gasteiger partial charge >= 0.3 is 0 Å². The molecule has 138 valence electrons. The van der Waals surface area contributed by atoms with Crippen molar-refractivity contribution >= 4 is 11.8 Å². The van der Waals surface area contributed by atoms with Crippen LogP contribution in [-0.4, -0.2) is 73.0 Å². The van der Waals surface area contributed by atoms with Crippen LogP contribution in [0.4, 0.5) is 0 Å². The third-order valence-electron chi connectivity index (χ3n) is 4.94. The van der Waals surface area contributed by atoms with Gasteiger partial charge in [-0.1, -0.05) is 25.3 Å². The Labute approximate surface area is 150 Å². The van der Waals surface area contributed by atoms with Crippen LogP contribution in [0.5, 0.6) is 0 Å². The lowest BCUT2D eigenvalue weighted by atomic mass is 9.83. The maximum absolute atomic E-state index is 12.3. The molecule has 0 aromatic carbocycles. The van der Waals surface area contributed by atoms with Crippen LogP contribution in [0.15, 0.2) is 12.7 Å². The van der Waals surface area contributed by atoms with E-state index in [0.29, 0.717) is 19.6 Å². The Morgan fingerprint density at radius 1 is 1.04 bits per heavy atom. The monoisotopic (exact) mass is 347 g/mol. The van der Waals surface area contributed by atoms with Crippen molar-refractivity contribution < 1.29 is 9.59 Å². The molecule has 1 aliphatic carbocycles. The third-order valence-corrected chi connectivity index (χ3v) is 4.94. The summed E-state index contributed by atoms with van der Waals surface area (Å²) in [6.07, 6.45) is 6.31. The number of nitrogens with zero attached hydrogens (tertiary/aromatic N) is 3. The first-order valence-electron chi connectivity index (χ1n) is 9.11. The van der Waals surface area contributed by atoms with Gasteiger partial charge in [0.25, 0.3) is 0 Å². The molecular formula is C18H29N5O2. The van der Waals surface area contributed by atoms with E-state index in [1.807, 2.05) is 0 Å². The highest BCUT2D eigenvalue weighted by atomic mass is 16.2. The normalized spacial score (nSPS) is 21.1. The number of carbonyl (C=O) groups is 2. The molecule has 0 atom stereocenters. The van der Waals surface area contributed by atoms with E-state index < -0.39 is 5.54 Å². The highest BCUT2D eigenvalue weighted by Crippen LogP contribution is 2.27. The van der Waals surface area contributed by atoms with E-state index in [1.165, 1.54) is 0 Å². The number of nitriles is 1. The Bertz CT molecular complexity index is 514. The van der Waals surface area contributed by atoms with Gasteiger partial charge < -0.3 is 10.6 Å². The second-order valence-corrected chi connectivity index (χ2v) is 6.95. The van der Waals surface area contributed by atoms with Crippen LogP contribution in [0.1, 0.15) is 32.1 Å². The van der Waals surface area contributed by atoms with Crippen LogP contribution >= 0.6 is 0 Å². The Kier molecular flexibility index (Phi) is 7.41. The van der Waals surface area contributed by atoms with Crippen molar-refractivity contribution in [2.75, 3.05) is 45.8 Å². The van der Waals surface area contributed by atoms with E-state index >= 15 is 0 Å². The maximum atomic E-state index is 12.3. The summed E-state index contributed by atoms with van der Waals surface area (Å²) in [6, 6.07) is 2.32. The molecule has 2 amide bonds. The lowest BCUT2D eigenvalue weighted by Gasteiger charge is -2.35. The van der Waals surface area contributed by atoms with E-state index in [1.54, 1.807) is 6.08 Å². The van der Waals surface area contributed by atoms with Crippen LogP contribution in [0.2, 0.25) is 0 Å². The molecule has 0 bridgehead atoms. The highest BCUT2D eigenvalue weighted by molar-refractivity contribution is 5.79. The van der Waals surface area contributed by atoms with E-state index in [-0.39, 0.29) is 11.8 Å². The molecule has 2 N–H and O–H groups in total. The highest BCUT2D eigenvalue weighted by Gasteiger charge is 2.34. The number of amides is 2. The van der Waals surface area contributed by atoms with Crippen molar-refractivity contribution in [3.63, 3.8) is 0 Å². The molecular weight excluding hydrogens is 318 g/mol. The smallest absolute Gasteiger partial charge is 0.235 e. The van der Waals surface area contributed by atoms with Gasteiger partial charge in [-0.3, -0.25) is 19.4 Å². The zero-order valence-corrected chi connectivity index (χ0v) is 14.9. The summed E-state index contributed by atoms with van der Waals surface area (Å²) in [5, 5.41) is 15.2.